The van der Waals surface area contributed by atoms with Gasteiger partial charge in [0.1, 0.15) is 11.3 Å². The van der Waals surface area contributed by atoms with Crippen molar-refractivity contribution in [3.63, 3.8) is 0 Å². The molecule has 1 N–H and O–H groups in total. The van der Waals surface area contributed by atoms with Crippen molar-refractivity contribution in [2.75, 3.05) is 5.32 Å². The molecule has 0 saturated carbocycles. The van der Waals surface area contributed by atoms with Crippen molar-refractivity contribution < 1.29 is 13.9 Å². The summed E-state index contributed by atoms with van der Waals surface area (Å²) in [4.78, 5) is 17.3. The Morgan fingerprint density at radius 3 is 2.50 bits per heavy atom. The Balaban J connectivity index is 1.53. The first-order valence-corrected chi connectivity index (χ1v) is 9.99. The van der Waals surface area contributed by atoms with Gasteiger partial charge in [-0.25, -0.2) is 4.98 Å². The summed E-state index contributed by atoms with van der Waals surface area (Å²) in [5.41, 5.74) is 1.39. The van der Waals surface area contributed by atoms with Gasteiger partial charge < -0.3 is 14.5 Å². The highest BCUT2D eigenvalue weighted by atomic mass is 35.5. The number of ether oxygens (including phenoxy) is 1. The van der Waals surface area contributed by atoms with Gasteiger partial charge in [0.05, 0.1) is 10.6 Å². The molecule has 0 aliphatic heterocycles. The lowest BCUT2D eigenvalue weighted by atomic mass is 10.1. The first-order valence-electron chi connectivity index (χ1n) is 9.23. The quantitative estimate of drug-likeness (QED) is 0.379. The van der Waals surface area contributed by atoms with Crippen LogP contribution in [0.3, 0.4) is 0 Å². The molecular weight excluding hydrogens is 423 g/mol. The Morgan fingerprint density at radius 2 is 1.77 bits per heavy atom. The number of fused-ring (bicyclic) bond motifs is 1. The van der Waals surface area contributed by atoms with Crippen LogP contribution in [-0.4, -0.2) is 16.5 Å². The highest BCUT2D eigenvalue weighted by molar-refractivity contribution is 6.33. The van der Waals surface area contributed by atoms with Crippen molar-refractivity contribution in [1.29, 1.82) is 0 Å². The SMILES string of the molecule is CC(C)(Oc1ccc(Cl)cc1)C(=O)Nc1ccc2oc(-c3ccccc3Cl)nc2c1. The number of nitrogens with zero attached hydrogens (tertiary/aromatic N) is 1. The number of hydrogen-bond acceptors (Lipinski definition) is 4. The van der Waals surface area contributed by atoms with Crippen LogP contribution >= 0.6 is 23.2 Å². The molecule has 4 rings (SSSR count). The molecule has 3 aromatic carbocycles. The predicted molar refractivity (Wildman–Crippen MR) is 119 cm³/mol. The van der Waals surface area contributed by atoms with Crippen molar-refractivity contribution in [3.8, 4) is 17.2 Å². The van der Waals surface area contributed by atoms with Crippen LogP contribution in [0.4, 0.5) is 5.69 Å². The number of nitrogens with one attached hydrogen (secondary N) is 1. The molecule has 0 unspecified atom stereocenters. The smallest absolute Gasteiger partial charge is 0.267 e. The number of rotatable bonds is 5. The normalized spacial score (nSPS) is 11.5. The molecule has 30 heavy (non-hydrogen) atoms. The number of benzene rings is 3. The summed E-state index contributed by atoms with van der Waals surface area (Å²) in [7, 11) is 0. The molecule has 0 atom stereocenters. The maximum absolute atomic E-state index is 12.8. The molecular formula is C23H18Cl2N2O3. The van der Waals surface area contributed by atoms with E-state index in [1.54, 1.807) is 62.4 Å². The second-order valence-electron chi connectivity index (χ2n) is 7.20. The Bertz CT molecular complexity index is 1220. The van der Waals surface area contributed by atoms with Crippen LogP contribution in [0.1, 0.15) is 13.8 Å². The first-order chi connectivity index (χ1) is 14.3. The fourth-order valence-corrected chi connectivity index (χ4v) is 3.22. The summed E-state index contributed by atoms with van der Waals surface area (Å²) in [5, 5.41) is 4.02. The van der Waals surface area contributed by atoms with Crippen molar-refractivity contribution in [3.05, 3.63) is 76.8 Å². The number of anilines is 1. The molecule has 1 amide bonds. The third kappa shape index (κ3) is 4.27. The number of carbonyl (C=O) groups is 1. The second kappa shape index (κ2) is 8.01. The van der Waals surface area contributed by atoms with Crippen LogP contribution in [0.5, 0.6) is 5.75 Å². The van der Waals surface area contributed by atoms with E-state index in [1.165, 1.54) is 0 Å². The minimum Gasteiger partial charge on any atom is -0.478 e. The molecule has 0 spiro atoms. The molecule has 0 saturated heterocycles. The van der Waals surface area contributed by atoms with Gasteiger partial charge in [-0.05, 0) is 68.4 Å². The maximum Gasteiger partial charge on any atom is 0.267 e. The largest absolute Gasteiger partial charge is 0.478 e. The van der Waals surface area contributed by atoms with Crippen molar-refractivity contribution in [1.82, 2.24) is 4.98 Å². The highest BCUT2D eigenvalue weighted by Crippen LogP contribution is 2.31. The fraction of sp³-hybridized carbons (Fsp3) is 0.130. The number of aromatic nitrogens is 1. The molecule has 0 aliphatic carbocycles. The minimum atomic E-state index is -1.10. The van der Waals surface area contributed by atoms with Crippen LogP contribution in [0.15, 0.2) is 71.1 Å². The van der Waals surface area contributed by atoms with E-state index in [2.05, 4.69) is 10.3 Å². The summed E-state index contributed by atoms with van der Waals surface area (Å²) in [6.45, 7) is 3.39. The Morgan fingerprint density at radius 1 is 1.03 bits per heavy atom. The standard InChI is InChI=1S/C23H18Cl2N2O3/c1-23(2,30-16-10-7-14(24)8-11-16)22(28)26-15-9-12-20-19(13-15)27-21(29-20)17-5-3-4-6-18(17)25/h3-13H,1-2H3,(H,26,28). The van der Waals surface area contributed by atoms with Gasteiger partial charge in [0, 0.05) is 10.7 Å². The van der Waals surface area contributed by atoms with E-state index in [9.17, 15) is 4.79 Å². The predicted octanol–water partition coefficient (Wildman–Crippen LogP) is 6.60. The van der Waals surface area contributed by atoms with Crippen LogP contribution in [0.2, 0.25) is 10.0 Å². The first kappa shape index (κ1) is 20.3. The molecule has 0 radical (unpaired) electrons. The van der Waals surface area contributed by atoms with E-state index in [1.807, 2.05) is 18.2 Å². The lowest BCUT2D eigenvalue weighted by Crippen LogP contribution is -2.42. The Labute approximate surface area is 183 Å². The van der Waals surface area contributed by atoms with Gasteiger partial charge in [0.15, 0.2) is 11.2 Å². The fourth-order valence-electron chi connectivity index (χ4n) is 2.88. The van der Waals surface area contributed by atoms with E-state index in [-0.39, 0.29) is 5.91 Å². The van der Waals surface area contributed by atoms with Crippen LogP contribution < -0.4 is 10.1 Å². The minimum absolute atomic E-state index is 0.299. The molecule has 7 heteroatoms. The zero-order chi connectivity index (χ0) is 21.3. The van der Waals surface area contributed by atoms with Crippen LogP contribution in [0, 0.1) is 0 Å². The van der Waals surface area contributed by atoms with Gasteiger partial charge in [0.25, 0.3) is 5.91 Å². The number of hydrogen-bond donors (Lipinski definition) is 1. The molecule has 152 valence electrons. The topological polar surface area (TPSA) is 64.4 Å². The summed E-state index contributed by atoms with van der Waals surface area (Å²) in [6.07, 6.45) is 0. The van der Waals surface area contributed by atoms with Crippen LogP contribution in [0.25, 0.3) is 22.6 Å². The van der Waals surface area contributed by atoms with Gasteiger partial charge in [0.2, 0.25) is 5.89 Å². The zero-order valence-corrected chi connectivity index (χ0v) is 17.8. The molecule has 1 heterocycles. The third-order valence-electron chi connectivity index (χ3n) is 4.48. The number of halogens is 2. The van der Waals surface area contributed by atoms with Gasteiger partial charge in [-0.2, -0.15) is 0 Å². The lowest BCUT2D eigenvalue weighted by molar-refractivity contribution is -0.128. The Hall–Kier alpha value is -3.02. The molecule has 0 aliphatic rings. The van der Waals surface area contributed by atoms with Crippen molar-refractivity contribution in [2.45, 2.75) is 19.4 Å². The van der Waals surface area contributed by atoms with E-state index < -0.39 is 5.60 Å². The lowest BCUT2D eigenvalue weighted by Gasteiger charge is -2.25. The summed E-state index contributed by atoms with van der Waals surface area (Å²) in [6, 6.07) is 19.4. The van der Waals surface area contributed by atoms with Gasteiger partial charge in [-0.15, -0.1) is 0 Å². The van der Waals surface area contributed by atoms with Gasteiger partial charge >= 0.3 is 0 Å². The van der Waals surface area contributed by atoms with E-state index in [4.69, 9.17) is 32.4 Å². The van der Waals surface area contributed by atoms with E-state index in [0.29, 0.717) is 44.0 Å². The van der Waals surface area contributed by atoms with Gasteiger partial charge in [-0.3, -0.25) is 4.79 Å². The molecule has 0 fully saturated rings. The second-order valence-corrected chi connectivity index (χ2v) is 8.05. The van der Waals surface area contributed by atoms with E-state index in [0.717, 1.165) is 0 Å². The summed E-state index contributed by atoms with van der Waals surface area (Å²) in [5.74, 6) is 0.674. The molecule has 5 nitrogen and oxygen atoms in total. The van der Waals surface area contributed by atoms with Crippen molar-refractivity contribution >= 4 is 45.9 Å². The van der Waals surface area contributed by atoms with E-state index >= 15 is 0 Å². The number of carbonyl (C=O) groups excluding carboxylic acids is 1. The van der Waals surface area contributed by atoms with Crippen LogP contribution in [-0.2, 0) is 4.79 Å². The number of oxazole rings is 1. The molecule has 1 aromatic heterocycles. The molecule has 0 bridgehead atoms. The number of amides is 1. The average molecular weight is 441 g/mol. The monoisotopic (exact) mass is 440 g/mol. The maximum atomic E-state index is 12.8. The summed E-state index contributed by atoms with van der Waals surface area (Å²) >= 11 is 12.1. The zero-order valence-electron chi connectivity index (χ0n) is 16.3. The summed E-state index contributed by atoms with van der Waals surface area (Å²) < 4.78 is 11.6. The highest BCUT2D eigenvalue weighted by Gasteiger charge is 2.30. The Kier molecular flexibility index (Phi) is 5.41. The average Bonchev–Trinajstić information content (AvgIpc) is 3.13. The third-order valence-corrected chi connectivity index (χ3v) is 5.06. The van der Waals surface area contributed by atoms with Crippen molar-refractivity contribution in [2.24, 2.45) is 0 Å². The van der Waals surface area contributed by atoms with Gasteiger partial charge in [-0.1, -0.05) is 35.3 Å². The molecule has 4 aromatic rings.